The van der Waals surface area contributed by atoms with Crippen molar-refractivity contribution in [2.75, 3.05) is 0 Å². The second kappa shape index (κ2) is 5.32. The first-order valence-corrected chi connectivity index (χ1v) is 6.52. The molecule has 3 aromatic rings. The summed E-state index contributed by atoms with van der Waals surface area (Å²) in [5, 5.41) is 0.893. The van der Waals surface area contributed by atoms with Gasteiger partial charge in [-0.15, -0.1) is 0 Å². The van der Waals surface area contributed by atoms with Gasteiger partial charge >= 0.3 is 0 Å². The molecule has 1 aromatic heterocycles. The Kier molecular flexibility index (Phi) is 3.36. The average Bonchev–Trinajstić information content (AvgIpc) is 2.51. The Morgan fingerprint density at radius 3 is 2.43 bits per heavy atom. The molecule has 1 heterocycles. The van der Waals surface area contributed by atoms with Crippen molar-refractivity contribution >= 4 is 16.7 Å². The van der Waals surface area contributed by atoms with Crippen molar-refractivity contribution < 1.29 is 9.18 Å². The predicted molar refractivity (Wildman–Crippen MR) is 78.9 cm³/mol. The highest BCUT2D eigenvalue weighted by atomic mass is 19.1. The fourth-order valence-electron chi connectivity index (χ4n) is 2.28. The number of benzene rings is 2. The zero-order valence-electron chi connectivity index (χ0n) is 11.1. The van der Waals surface area contributed by atoms with E-state index in [4.69, 9.17) is 0 Å². The van der Waals surface area contributed by atoms with E-state index in [1.165, 1.54) is 34.9 Å². The van der Waals surface area contributed by atoms with Crippen LogP contribution in [-0.4, -0.2) is 10.4 Å². The number of rotatable bonds is 3. The SMILES string of the molecule is O=C(Cn1c(=O)ccc2ccccc21)c1ccc(F)cc1. The second-order valence-corrected chi connectivity index (χ2v) is 4.75. The number of pyridine rings is 1. The van der Waals surface area contributed by atoms with E-state index in [1.807, 2.05) is 18.2 Å². The van der Waals surface area contributed by atoms with Crippen molar-refractivity contribution in [1.29, 1.82) is 0 Å². The molecule has 0 aliphatic rings. The smallest absolute Gasteiger partial charge is 0.251 e. The number of carbonyl (C=O) groups is 1. The zero-order chi connectivity index (χ0) is 14.8. The van der Waals surface area contributed by atoms with E-state index in [0.29, 0.717) is 11.1 Å². The van der Waals surface area contributed by atoms with Gasteiger partial charge in [0, 0.05) is 11.6 Å². The minimum absolute atomic E-state index is 0.0637. The van der Waals surface area contributed by atoms with Gasteiger partial charge in [0.15, 0.2) is 5.78 Å². The lowest BCUT2D eigenvalue weighted by Gasteiger charge is -2.09. The van der Waals surface area contributed by atoms with E-state index in [0.717, 1.165) is 5.39 Å². The third-order valence-corrected chi connectivity index (χ3v) is 3.37. The van der Waals surface area contributed by atoms with Gasteiger partial charge in [0.2, 0.25) is 0 Å². The molecule has 0 bridgehead atoms. The van der Waals surface area contributed by atoms with E-state index < -0.39 is 5.82 Å². The average molecular weight is 281 g/mol. The molecule has 0 fully saturated rings. The topological polar surface area (TPSA) is 39.1 Å². The summed E-state index contributed by atoms with van der Waals surface area (Å²) in [6.45, 7) is -0.0637. The molecule has 0 radical (unpaired) electrons. The van der Waals surface area contributed by atoms with Crippen molar-refractivity contribution in [2.24, 2.45) is 0 Å². The molecule has 0 spiro atoms. The quantitative estimate of drug-likeness (QED) is 0.692. The Balaban J connectivity index is 2.01. The molecule has 0 aliphatic heterocycles. The van der Waals surface area contributed by atoms with Crippen molar-refractivity contribution in [3.8, 4) is 0 Å². The van der Waals surface area contributed by atoms with Crippen LogP contribution in [0.1, 0.15) is 10.4 Å². The van der Waals surface area contributed by atoms with Crippen LogP contribution in [-0.2, 0) is 6.54 Å². The van der Waals surface area contributed by atoms with E-state index in [1.54, 1.807) is 12.1 Å². The Labute approximate surface area is 120 Å². The molecule has 0 N–H and O–H groups in total. The molecule has 3 rings (SSSR count). The van der Waals surface area contributed by atoms with Gasteiger partial charge < -0.3 is 4.57 Å². The standard InChI is InChI=1S/C17H12FNO2/c18-14-8-5-13(6-9-14)16(20)11-19-15-4-2-1-3-12(15)7-10-17(19)21/h1-10H,11H2. The first-order valence-electron chi connectivity index (χ1n) is 6.52. The van der Waals surface area contributed by atoms with E-state index >= 15 is 0 Å². The summed E-state index contributed by atoms with van der Waals surface area (Å²) in [5.41, 5.74) is 0.862. The molecule has 4 heteroatoms. The number of para-hydroxylation sites is 1. The fraction of sp³-hybridized carbons (Fsp3) is 0.0588. The highest BCUT2D eigenvalue weighted by molar-refractivity contribution is 5.96. The third-order valence-electron chi connectivity index (χ3n) is 3.37. The van der Waals surface area contributed by atoms with Gasteiger partial charge in [-0.1, -0.05) is 18.2 Å². The molecule has 3 nitrogen and oxygen atoms in total. The molecule has 0 saturated carbocycles. The number of ketones is 1. The van der Waals surface area contributed by atoms with Crippen molar-refractivity contribution in [2.45, 2.75) is 6.54 Å². The number of Topliss-reactive ketones (excluding diaryl/α,β-unsaturated/α-hetero) is 1. The van der Waals surface area contributed by atoms with Gasteiger partial charge in [-0.3, -0.25) is 9.59 Å². The summed E-state index contributed by atoms with van der Waals surface area (Å²) >= 11 is 0. The van der Waals surface area contributed by atoms with Crippen molar-refractivity contribution in [1.82, 2.24) is 4.57 Å². The van der Waals surface area contributed by atoms with Crippen LogP contribution in [0.15, 0.2) is 65.5 Å². The Hall–Kier alpha value is -2.75. The van der Waals surface area contributed by atoms with Gasteiger partial charge in [0.05, 0.1) is 12.1 Å². The number of aromatic nitrogens is 1. The summed E-state index contributed by atoms with van der Waals surface area (Å²) < 4.78 is 14.3. The van der Waals surface area contributed by atoms with E-state index in [9.17, 15) is 14.0 Å². The van der Waals surface area contributed by atoms with E-state index in [2.05, 4.69) is 0 Å². The third kappa shape index (κ3) is 2.60. The predicted octanol–water partition coefficient (Wildman–Crippen LogP) is 3.02. The lowest BCUT2D eigenvalue weighted by molar-refractivity contribution is 0.0972. The lowest BCUT2D eigenvalue weighted by Crippen LogP contribution is -2.23. The maximum atomic E-state index is 12.9. The molecular weight excluding hydrogens is 269 g/mol. The summed E-state index contributed by atoms with van der Waals surface area (Å²) in [6, 6.07) is 15.9. The van der Waals surface area contributed by atoms with Crippen molar-refractivity contribution in [3.63, 3.8) is 0 Å². The highest BCUT2D eigenvalue weighted by Crippen LogP contribution is 2.12. The van der Waals surface area contributed by atoms with Gasteiger partial charge in [-0.25, -0.2) is 4.39 Å². The second-order valence-electron chi connectivity index (χ2n) is 4.75. The molecule has 0 amide bonds. The Morgan fingerprint density at radius 1 is 0.952 bits per heavy atom. The Morgan fingerprint density at radius 2 is 1.67 bits per heavy atom. The van der Waals surface area contributed by atoms with Crippen molar-refractivity contribution in [3.05, 3.63) is 82.4 Å². The molecule has 2 aromatic carbocycles. The van der Waals surface area contributed by atoms with Crippen LogP contribution in [0.5, 0.6) is 0 Å². The van der Waals surface area contributed by atoms with Crippen LogP contribution in [0.25, 0.3) is 10.9 Å². The normalized spacial score (nSPS) is 10.7. The molecule has 104 valence electrons. The largest absolute Gasteiger partial charge is 0.300 e. The van der Waals surface area contributed by atoms with Gasteiger partial charge in [0.1, 0.15) is 5.82 Å². The number of halogens is 1. The van der Waals surface area contributed by atoms with Gasteiger partial charge in [-0.2, -0.15) is 0 Å². The van der Waals surface area contributed by atoms with Crippen LogP contribution in [0.4, 0.5) is 4.39 Å². The number of hydrogen-bond donors (Lipinski definition) is 0. The molecule has 21 heavy (non-hydrogen) atoms. The monoisotopic (exact) mass is 281 g/mol. The summed E-state index contributed by atoms with van der Waals surface area (Å²) in [6.07, 6.45) is 0. The molecule has 0 atom stereocenters. The molecule has 0 aliphatic carbocycles. The Bertz CT molecular complexity index is 866. The maximum Gasteiger partial charge on any atom is 0.251 e. The van der Waals surface area contributed by atoms with Gasteiger partial charge in [-0.05, 0) is 41.8 Å². The summed E-state index contributed by atoms with van der Waals surface area (Å²) in [5.74, 6) is -0.623. The highest BCUT2D eigenvalue weighted by Gasteiger charge is 2.10. The van der Waals surface area contributed by atoms with Crippen LogP contribution in [0, 0.1) is 5.82 Å². The zero-order valence-corrected chi connectivity index (χ0v) is 11.1. The van der Waals surface area contributed by atoms with Crippen LogP contribution >= 0.6 is 0 Å². The van der Waals surface area contributed by atoms with Gasteiger partial charge in [0.25, 0.3) is 5.56 Å². The van der Waals surface area contributed by atoms with Crippen LogP contribution in [0.2, 0.25) is 0 Å². The molecule has 0 unspecified atom stereocenters. The first-order chi connectivity index (χ1) is 10.1. The summed E-state index contributed by atoms with van der Waals surface area (Å²) in [7, 11) is 0. The lowest BCUT2D eigenvalue weighted by atomic mass is 10.1. The number of nitrogens with zero attached hydrogens (tertiary/aromatic N) is 1. The molecule has 0 saturated heterocycles. The fourth-order valence-corrected chi connectivity index (χ4v) is 2.28. The number of fused-ring (bicyclic) bond motifs is 1. The number of hydrogen-bond acceptors (Lipinski definition) is 2. The van der Waals surface area contributed by atoms with Crippen LogP contribution in [0.3, 0.4) is 0 Å². The first kappa shape index (κ1) is 13.2. The molecular formula is C17H12FNO2. The van der Waals surface area contributed by atoms with E-state index in [-0.39, 0.29) is 17.9 Å². The minimum Gasteiger partial charge on any atom is -0.300 e. The maximum absolute atomic E-state index is 12.9. The minimum atomic E-state index is -0.395. The number of carbonyl (C=O) groups excluding carboxylic acids is 1. The van der Waals surface area contributed by atoms with Crippen LogP contribution < -0.4 is 5.56 Å². The summed E-state index contributed by atoms with van der Waals surface area (Å²) in [4.78, 5) is 24.2.